The molecule has 1 amide bonds. The molecule has 2 aromatic heterocycles. The zero-order valence-corrected chi connectivity index (χ0v) is 14.5. The number of nitrogens with one attached hydrogen (secondary N) is 1. The molecule has 128 valence electrons. The smallest absolute Gasteiger partial charge is 0.255 e. The highest BCUT2D eigenvalue weighted by atomic mass is 32.1. The lowest BCUT2D eigenvalue weighted by Gasteiger charge is -2.07. The Morgan fingerprint density at radius 2 is 1.96 bits per heavy atom. The van der Waals surface area contributed by atoms with E-state index >= 15 is 0 Å². The topological polar surface area (TPSA) is 75.1 Å². The predicted molar refractivity (Wildman–Crippen MR) is 102 cm³/mol. The molecule has 0 aliphatic heterocycles. The van der Waals surface area contributed by atoms with Gasteiger partial charge in [0.05, 0.1) is 23.3 Å². The summed E-state index contributed by atoms with van der Waals surface area (Å²) in [5, 5.41) is 16.5. The fourth-order valence-electron chi connectivity index (χ4n) is 2.67. The number of hydrogen-bond donors (Lipinski definition) is 2. The van der Waals surface area contributed by atoms with Crippen molar-refractivity contribution in [1.82, 2.24) is 15.3 Å². The van der Waals surface area contributed by atoms with Gasteiger partial charge in [-0.1, -0.05) is 36.4 Å². The van der Waals surface area contributed by atoms with E-state index in [1.165, 1.54) is 11.3 Å². The summed E-state index contributed by atoms with van der Waals surface area (Å²) in [5.41, 5.74) is 2.80. The van der Waals surface area contributed by atoms with E-state index < -0.39 is 0 Å². The number of benzene rings is 2. The number of rotatable bonds is 4. The number of carbonyl (C=O) groups is 1. The molecule has 0 aliphatic rings. The van der Waals surface area contributed by atoms with Crippen LogP contribution in [0.25, 0.3) is 22.2 Å². The van der Waals surface area contributed by atoms with Crippen molar-refractivity contribution in [2.75, 3.05) is 0 Å². The summed E-state index contributed by atoms with van der Waals surface area (Å²) in [6.07, 6.45) is 1.65. The van der Waals surface area contributed by atoms with E-state index in [4.69, 9.17) is 0 Å². The maximum Gasteiger partial charge on any atom is 0.255 e. The molecule has 6 heteroatoms. The van der Waals surface area contributed by atoms with E-state index in [9.17, 15) is 9.90 Å². The number of aromatic nitrogens is 2. The van der Waals surface area contributed by atoms with E-state index in [0.29, 0.717) is 12.1 Å². The maximum absolute atomic E-state index is 12.4. The van der Waals surface area contributed by atoms with Gasteiger partial charge in [-0.15, -0.1) is 11.3 Å². The summed E-state index contributed by atoms with van der Waals surface area (Å²) in [4.78, 5) is 21.2. The van der Waals surface area contributed by atoms with Gasteiger partial charge in [0, 0.05) is 22.5 Å². The van der Waals surface area contributed by atoms with Gasteiger partial charge in [-0.2, -0.15) is 0 Å². The van der Waals surface area contributed by atoms with E-state index in [1.807, 2.05) is 41.8 Å². The molecule has 2 heterocycles. The molecule has 0 fully saturated rings. The second-order valence-electron chi connectivity index (χ2n) is 5.74. The molecule has 4 rings (SSSR count). The lowest BCUT2D eigenvalue weighted by atomic mass is 10.1. The minimum absolute atomic E-state index is 0.0629. The van der Waals surface area contributed by atoms with Crippen LogP contribution in [0.2, 0.25) is 0 Å². The molecule has 26 heavy (non-hydrogen) atoms. The summed E-state index contributed by atoms with van der Waals surface area (Å²) in [6.45, 7) is 0.302. The van der Waals surface area contributed by atoms with E-state index in [0.717, 1.165) is 21.7 Å². The number of fused-ring (bicyclic) bond motifs is 1. The van der Waals surface area contributed by atoms with Crippen molar-refractivity contribution >= 4 is 28.1 Å². The number of nitrogens with zero attached hydrogens (tertiary/aromatic N) is 2. The molecule has 0 bridgehead atoms. The minimum atomic E-state index is -0.355. The largest absolute Gasteiger partial charge is 0.507 e. The van der Waals surface area contributed by atoms with Gasteiger partial charge < -0.3 is 10.4 Å². The van der Waals surface area contributed by atoms with Crippen LogP contribution in [0.5, 0.6) is 5.75 Å². The van der Waals surface area contributed by atoms with Gasteiger partial charge in [-0.3, -0.25) is 9.78 Å². The van der Waals surface area contributed by atoms with Crippen molar-refractivity contribution < 1.29 is 9.90 Å². The maximum atomic E-state index is 12.4. The van der Waals surface area contributed by atoms with Crippen molar-refractivity contribution in [1.29, 1.82) is 0 Å². The van der Waals surface area contributed by atoms with Crippen LogP contribution in [-0.4, -0.2) is 21.0 Å². The van der Waals surface area contributed by atoms with Crippen LogP contribution in [0.15, 0.2) is 66.2 Å². The van der Waals surface area contributed by atoms with Crippen molar-refractivity contribution in [3.63, 3.8) is 0 Å². The van der Waals surface area contributed by atoms with Crippen LogP contribution in [0.3, 0.4) is 0 Å². The number of thiazole rings is 1. The zero-order chi connectivity index (χ0) is 17.9. The van der Waals surface area contributed by atoms with Crippen molar-refractivity contribution in [3.8, 4) is 17.0 Å². The molecule has 2 N–H and O–H groups in total. The molecule has 0 atom stereocenters. The fraction of sp³-hybridized carbons (Fsp3) is 0.0500. The highest BCUT2D eigenvalue weighted by molar-refractivity contribution is 7.09. The van der Waals surface area contributed by atoms with Gasteiger partial charge in [0.25, 0.3) is 5.91 Å². The number of aromatic hydroxyl groups is 1. The van der Waals surface area contributed by atoms with Crippen LogP contribution >= 0.6 is 11.3 Å². The third kappa shape index (κ3) is 3.27. The Balaban J connectivity index is 1.49. The van der Waals surface area contributed by atoms with Gasteiger partial charge in [-0.25, -0.2) is 4.98 Å². The molecule has 0 radical (unpaired) electrons. The van der Waals surface area contributed by atoms with Crippen LogP contribution in [0.4, 0.5) is 0 Å². The highest BCUT2D eigenvalue weighted by Gasteiger charge is 2.13. The second-order valence-corrected chi connectivity index (χ2v) is 6.68. The Morgan fingerprint density at radius 1 is 1.12 bits per heavy atom. The number of phenolic OH excluding ortho intramolecular Hbond substituents is 1. The summed E-state index contributed by atoms with van der Waals surface area (Å²) in [7, 11) is 0. The fourth-order valence-corrected chi connectivity index (χ4v) is 3.42. The summed E-state index contributed by atoms with van der Waals surface area (Å²) < 4.78 is 0. The Hall–Kier alpha value is -3.25. The molecule has 0 spiro atoms. The summed E-state index contributed by atoms with van der Waals surface area (Å²) in [5.74, 6) is -0.418. The Morgan fingerprint density at radius 3 is 2.81 bits per heavy atom. The molecule has 0 saturated heterocycles. The van der Waals surface area contributed by atoms with Crippen molar-refractivity contribution in [3.05, 3.63) is 76.7 Å². The Bertz CT molecular complexity index is 1080. The van der Waals surface area contributed by atoms with Gasteiger partial charge in [0.15, 0.2) is 0 Å². The lowest BCUT2D eigenvalue weighted by molar-refractivity contribution is 0.0948. The van der Waals surface area contributed by atoms with Crippen LogP contribution in [0.1, 0.15) is 15.4 Å². The van der Waals surface area contributed by atoms with Crippen molar-refractivity contribution in [2.45, 2.75) is 6.54 Å². The van der Waals surface area contributed by atoms with E-state index in [-0.39, 0.29) is 17.2 Å². The zero-order valence-electron chi connectivity index (χ0n) is 13.7. The Kier molecular flexibility index (Phi) is 4.33. The third-order valence-electron chi connectivity index (χ3n) is 3.99. The first kappa shape index (κ1) is 16.2. The standard InChI is InChI=1S/C20H15N3O2S/c24-18-9-14-7-4-8-21-16(14)10-15(18)20(25)22-11-19-23-17(12-26-19)13-5-2-1-3-6-13/h1-10,12,24H,11H2,(H,22,25). The first-order valence-electron chi connectivity index (χ1n) is 8.06. The number of carbonyl (C=O) groups excluding carboxylic acids is 1. The Labute approximate surface area is 154 Å². The van der Waals surface area contributed by atoms with Crippen LogP contribution in [0, 0.1) is 0 Å². The molecule has 4 aromatic rings. The highest BCUT2D eigenvalue weighted by Crippen LogP contribution is 2.24. The predicted octanol–water partition coefficient (Wildman–Crippen LogP) is 3.99. The van der Waals surface area contributed by atoms with E-state index in [2.05, 4.69) is 15.3 Å². The van der Waals surface area contributed by atoms with Gasteiger partial charge in [0.1, 0.15) is 10.8 Å². The normalized spacial score (nSPS) is 10.8. The van der Waals surface area contributed by atoms with Crippen LogP contribution in [-0.2, 0) is 6.54 Å². The first-order valence-corrected chi connectivity index (χ1v) is 8.94. The minimum Gasteiger partial charge on any atom is -0.507 e. The molecule has 2 aromatic carbocycles. The third-order valence-corrected chi connectivity index (χ3v) is 4.84. The monoisotopic (exact) mass is 361 g/mol. The number of amides is 1. The number of pyridine rings is 1. The molecule has 5 nitrogen and oxygen atoms in total. The lowest BCUT2D eigenvalue weighted by Crippen LogP contribution is -2.22. The molecular formula is C20H15N3O2S. The second kappa shape index (κ2) is 6.93. The van der Waals surface area contributed by atoms with Gasteiger partial charge >= 0.3 is 0 Å². The summed E-state index contributed by atoms with van der Waals surface area (Å²) >= 11 is 1.49. The average Bonchev–Trinajstić information content (AvgIpc) is 3.15. The first-order chi connectivity index (χ1) is 12.7. The van der Waals surface area contributed by atoms with Gasteiger partial charge in [0.2, 0.25) is 0 Å². The number of phenols is 1. The number of hydrogen-bond acceptors (Lipinski definition) is 5. The SMILES string of the molecule is O=C(NCc1nc(-c2ccccc2)cs1)c1cc2ncccc2cc1O. The molecule has 0 aliphatic carbocycles. The quantitative estimate of drug-likeness (QED) is 0.576. The average molecular weight is 361 g/mol. The van der Waals surface area contributed by atoms with E-state index in [1.54, 1.807) is 24.4 Å². The molecule has 0 unspecified atom stereocenters. The summed E-state index contributed by atoms with van der Waals surface area (Å²) in [6, 6.07) is 16.7. The van der Waals surface area contributed by atoms with Gasteiger partial charge in [-0.05, 0) is 18.2 Å². The molecule has 0 saturated carbocycles. The van der Waals surface area contributed by atoms with Crippen LogP contribution < -0.4 is 5.32 Å². The van der Waals surface area contributed by atoms with Crippen molar-refractivity contribution in [2.24, 2.45) is 0 Å². The molecular weight excluding hydrogens is 346 g/mol.